The van der Waals surface area contributed by atoms with Gasteiger partial charge >= 0.3 is 0 Å². The summed E-state index contributed by atoms with van der Waals surface area (Å²) in [5, 5.41) is 21.0. The van der Waals surface area contributed by atoms with E-state index in [-0.39, 0.29) is 11.5 Å². The number of aliphatic hydroxyl groups is 1. The van der Waals surface area contributed by atoms with Crippen LogP contribution in [0, 0.1) is 0 Å². The first-order valence-electron chi connectivity index (χ1n) is 7.52. The van der Waals surface area contributed by atoms with Crippen LogP contribution in [0.15, 0.2) is 36.4 Å². The second kappa shape index (κ2) is 6.59. The smallest absolute Gasteiger partial charge is 0.203 e. The first-order valence-corrected chi connectivity index (χ1v) is 7.52. The Balaban J connectivity index is 1.93. The minimum absolute atomic E-state index is 0.110. The van der Waals surface area contributed by atoms with E-state index in [9.17, 15) is 10.2 Å². The summed E-state index contributed by atoms with van der Waals surface area (Å²) >= 11 is 0. The molecular formula is C18H20O6. The van der Waals surface area contributed by atoms with Gasteiger partial charge in [0.25, 0.3) is 0 Å². The molecule has 0 saturated carbocycles. The maximum atomic E-state index is 10.5. The number of rotatable bonds is 6. The van der Waals surface area contributed by atoms with Crippen molar-refractivity contribution < 1.29 is 29.2 Å². The van der Waals surface area contributed by atoms with Gasteiger partial charge in [-0.05, 0) is 5.56 Å². The minimum Gasteiger partial charge on any atom is -0.504 e. The standard InChI is InChI=1S/C18H20O6/c1-21-11-9-12(22-2)16(23-3)15(20)13(11)17-18(24-17)14(19)10-7-5-4-6-8-10/h4-9,14,17-20H,1-3H3. The Kier molecular flexibility index (Phi) is 4.51. The van der Waals surface area contributed by atoms with Crippen molar-refractivity contribution in [1.29, 1.82) is 0 Å². The number of epoxide rings is 1. The zero-order chi connectivity index (χ0) is 17.3. The zero-order valence-electron chi connectivity index (χ0n) is 13.7. The molecule has 0 aromatic heterocycles. The lowest BCUT2D eigenvalue weighted by Crippen LogP contribution is -2.07. The van der Waals surface area contributed by atoms with Crippen LogP contribution in [-0.4, -0.2) is 37.6 Å². The molecule has 1 saturated heterocycles. The van der Waals surface area contributed by atoms with Crippen molar-refractivity contribution in [3.05, 3.63) is 47.5 Å². The molecule has 0 bridgehead atoms. The molecule has 0 amide bonds. The monoisotopic (exact) mass is 332 g/mol. The first kappa shape index (κ1) is 16.4. The van der Waals surface area contributed by atoms with Crippen LogP contribution in [-0.2, 0) is 4.74 Å². The number of methoxy groups -OCH3 is 3. The molecule has 2 N–H and O–H groups in total. The SMILES string of the molecule is COc1cc(OC)c(C2OC2C(O)c2ccccc2)c(O)c1OC. The normalized spacial score (nSPS) is 20.3. The van der Waals surface area contributed by atoms with Gasteiger partial charge in [0.2, 0.25) is 5.75 Å². The van der Waals surface area contributed by atoms with E-state index >= 15 is 0 Å². The number of phenols is 1. The third kappa shape index (κ3) is 2.74. The van der Waals surface area contributed by atoms with Gasteiger partial charge < -0.3 is 29.2 Å². The van der Waals surface area contributed by atoms with Gasteiger partial charge in [0.1, 0.15) is 24.1 Å². The van der Waals surface area contributed by atoms with Crippen molar-refractivity contribution in [1.82, 2.24) is 0 Å². The Bertz CT molecular complexity index is 715. The van der Waals surface area contributed by atoms with Gasteiger partial charge in [-0.2, -0.15) is 0 Å². The summed E-state index contributed by atoms with van der Waals surface area (Å²) < 4.78 is 21.4. The molecule has 6 nitrogen and oxygen atoms in total. The van der Waals surface area contributed by atoms with E-state index in [1.54, 1.807) is 6.07 Å². The number of aliphatic hydroxyl groups excluding tert-OH is 1. The average molecular weight is 332 g/mol. The third-order valence-corrected chi connectivity index (χ3v) is 4.13. The van der Waals surface area contributed by atoms with Crippen molar-refractivity contribution >= 4 is 0 Å². The summed E-state index contributed by atoms with van der Waals surface area (Å²) in [4.78, 5) is 0. The third-order valence-electron chi connectivity index (χ3n) is 4.13. The second-order valence-electron chi connectivity index (χ2n) is 5.45. The van der Waals surface area contributed by atoms with Crippen LogP contribution in [0.2, 0.25) is 0 Å². The molecule has 0 aliphatic carbocycles. The zero-order valence-corrected chi connectivity index (χ0v) is 13.7. The van der Waals surface area contributed by atoms with Crippen LogP contribution in [0.3, 0.4) is 0 Å². The van der Waals surface area contributed by atoms with Crippen molar-refractivity contribution in [2.24, 2.45) is 0 Å². The number of hydrogen-bond acceptors (Lipinski definition) is 6. The van der Waals surface area contributed by atoms with Gasteiger partial charge in [-0.25, -0.2) is 0 Å². The molecule has 3 atom stereocenters. The van der Waals surface area contributed by atoms with Gasteiger partial charge in [-0.15, -0.1) is 0 Å². The molecule has 1 fully saturated rings. The Morgan fingerprint density at radius 2 is 1.67 bits per heavy atom. The Morgan fingerprint density at radius 1 is 1.00 bits per heavy atom. The van der Waals surface area contributed by atoms with E-state index in [0.717, 1.165) is 5.56 Å². The summed E-state index contributed by atoms with van der Waals surface area (Å²) in [6.07, 6.45) is -1.76. The Morgan fingerprint density at radius 3 is 2.25 bits per heavy atom. The summed E-state index contributed by atoms with van der Waals surface area (Å²) in [6, 6.07) is 10.9. The number of aromatic hydroxyl groups is 1. The van der Waals surface area contributed by atoms with Gasteiger partial charge in [-0.1, -0.05) is 30.3 Å². The van der Waals surface area contributed by atoms with E-state index < -0.39 is 18.3 Å². The van der Waals surface area contributed by atoms with Gasteiger partial charge in [0.15, 0.2) is 11.5 Å². The highest BCUT2D eigenvalue weighted by Crippen LogP contribution is 2.55. The van der Waals surface area contributed by atoms with Crippen LogP contribution < -0.4 is 14.2 Å². The summed E-state index contributed by atoms with van der Waals surface area (Å²) in [5.74, 6) is 0.868. The molecule has 3 unspecified atom stereocenters. The van der Waals surface area contributed by atoms with Crippen molar-refractivity contribution in [3.63, 3.8) is 0 Å². The topological polar surface area (TPSA) is 80.7 Å². The lowest BCUT2D eigenvalue weighted by molar-refractivity contribution is 0.137. The lowest BCUT2D eigenvalue weighted by atomic mass is 9.99. The number of ether oxygens (including phenoxy) is 4. The number of hydrogen-bond donors (Lipinski definition) is 2. The Labute approximate surface area is 140 Å². The van der Waals surface area contributed by atoms with Crippen LogP contribution in [0.5, 0.6) is 23.0 Å². The molecule has 1 aliphatic rings. The fourth-order valence-electron chi connectivity index (χ4n) is 2.85. The summed E-state index contributed by atoms with van der Waals surface area (Å²) in [7, 11) is 4.42. The lowest BCUT2D eigenvalue weighted by Gasteiger charge is -2.16. The van der Waals surface area contributed by atoms with Gasteiger partial charge in [0, 0.05) is 6.07 Å². The van der Waals surface area contributed by atoms with Crippen LogP contribution in [0.25, 0.3) is 0 Å². The fourth-order valence-corrected chi connectivity index (χ4v) is 2.85. The molecule has 2 aromatic carbocycles. The number of phenolic OH excluding ortho intramolecular Hbond substituents is 1. The van der Waals surface area contributed by atoms with Crippen LogP contribution in [0.4, 0.5) is 0 Å². The molecule has 128 valence electrons. The van der Waals surface area contributed by atoms with E-state index in [1.165, 1.54) is 21.3 Å². The van der Waals surface area contributed by atoms with Crippen LogP contribution in [0.1, 0.15) is 23.3 Å². The maximum absolute atomic E-state index is 10.5. The van der Waals surface area contributed by atoms with Crippen molar-refractivity contribution in [2.45, 2.75) is 18.3 Å². The molecular weight excluding hydrogens is 312 g/mol. The highest BCUT2D eigenvalue weighted by molar-refractivity contribution is 5.62. The largest absolute Gasteiger partial charge is 0.504 e. The highest BCUT2D eigenvalue weighted by Gasteiger charge is 2.49. The van der Waals surface area contributed by atoms with E-state index in [0.29, 0.717) is 17.1 Å². The van der Waals surface area contributed by atoms with Gasteiger partial charge in [-0.3, -0.25) is 0 Å². The average Bonchev–Trinajstić information content (AvgIpc) is 3.40. The predicted octanol–water partition coefficient (Wildman–Crippen LogP) is 2.59. The van der Waals surface area contributed by atoms with Crippen molar-refractivity contribution in [2.75, 3.05) is 21.3 Å². The molecule has 0 spiro atoms. The molecule has 1 aliphatic heterocycles. The maximum Gasteiger partial charge on any atom is 0.203 e. The molecule has 2 aromatic rings. The molecule has 0 radical (unpaired) electrons. The van der Waals surface area contributed by atoms with Crippen LogP contribution >= 0.6 is 0 Å². The molecule has 6 heteroatoms. The van der Waals surface area contributed by atoms with Crippen molar-refractivity contribution in [3.8, 4) is 23.0 Å². The Hall–Kier alpha value is -2.44. The number of benzene rings is 2. The van der Waals surface area contributed by atoms with E-state index in [2.05, 4.69) is 0 Å². The fraction of sp³-hybridized carbons (Fsp3) is 0.333. The predicted molar refractivity (Wildman–Crippen MR) is 86.8 cm³/mol. The minimum atomic E-state index is -0.798. The van der Waals surface area contributed by atoms with E-state index in [1.807, 2.05) is 30.3 Å². The highest BCUT2D eigenvalue weighted by atomic mass is 16.6. The molecule has 24 heavy (non-hydrogen) atoms. The summed E-state index contributed by atoms with van der Waals surface area (Å²) in [6.45, 7) is 0. The van der Waals surface area contributed by atoms with E-state index in [4.69, 9.17) is 18.9 Å². The molecule has 1 heterocycles. The van der Waals surface area contributed by atoms with Gasteiger partial charge in [0.05, 0.1) is 26.9 Å². The second-order valence-corrected chi connectivity index (χ2v) is 5.45. The summed E-state index contributed by atoms with van der Waals surface area (Å²) in [5.41, 5.74) is 1.19. The first-order chi connectivity index (χ1) is 11.6. The quantitative estimate of drug-likeness (QED) is 0.792. The molecule has 3 rings (SSSR count).